The van der Waals surface area contributed by atoms with E-state index in [0.29, 0.717) is 12.6 Å². The number of nitrogens with one attached hydrogen (secondary N) is 2. The Morgan fingerprint density at radius 1 is 1.15 bits per heavy atom. The van der Waals surface area contributed by atoms with Crippen LogP contribution in [0.25, 0.3) is 0 Å². The average molecular weight is 361 g/mol. The molecule has 6 nitrogen and oxygen atoms in total. The van der Waals surface area contributed by atoms with Gasteiger partial charge in [0.05, 0.1) is 6.54 Å². The highest BCUT2D eigenvalue weighted by atomic mass is 16.6. The van der Waals surface area contributed by atoms with Crippen LogP contribution in [0.3, 0.4) is 0 Å². The zero-order valence-electron chi connectivity index (χ0n) is 16.1. The highest BCUT2D eigenvalue weighted by Crippen LogP contribution is 2.19. The van der Waals surface area contributed by atoms with Crippen LogP contribution in [0.15, 0.2) is 30.3 Å². The van der Waals surface area contributed by atoms with E-state index in [1.807, 2.05) is 6.07 Å². The predicted octanol–water partition coefficient (Wildman–Crippen LogP) is 2.68. The molecule has 0 radical (unpaired) electrons. The second-order valence-electron chi connectivity index (χ2n) is 7.77. The Labute approximate surface area is 156 Å². The Hall–Kier alpha value is -2.08. The second-order valence-corrected chi connectivity index (χ2v) is 7.77. The molecule has 0 saturated carbocycles. The molecule has 2 N–H and O–H groups in total. The zero-order valence-corrected chi connectivity index (χ0v) is 16.1. The summed E-state index contributed by atoms with van der Waals surface area (Å²) in [5, 5.41) is 5.43. The highest BCUT2D eigenvalue weighted by molar-refractivity contribution is 5.82. The first-order chi connectivity index (χ1) is 12.3. The number of benzene rings is 1. The summed E-state index contributed by atoms with van der Waals surface area (Å²) in [6.45, 7) is 7.84. The summed E-state index contributed by atoms with van der Waals surface area (Å²) in [6.07, 6.45) is 2.88. The molecule has 0 bridgehead atoms. The van der Waals surface area contributed by atoms with E-state index in [1.54, 1.807) is 20.8 Å². The maximum absolute atomic E-state index is 12.0. The molecule has 0 aliphatic carbocycles. The molecule has 1 fully saturated rings. The molecule has 1 aromatic carbocycles. The topological polar surface area (TPSA) is 70.7 Å². The van der Waals surface area contributed by atoms with Crippen LogP contribution in [-0.4, -0.2) is 48.2 Å². The van der Waals surface area contributed by atoms with E-state index >= 15 is 0 Å². The molecule has 2 amide bonds. The number of likely N-dealkylation sites (tertiary alicyclic amines) is 1. The SMILES string of the molecule is CC(C)(C)OC(=O)NCC(=O)NC[C@@H]1CCCCN1Cc1ccccc1. The van der Waals surface area contributed by atoms with Gasteiger partial charge in [0.2, 0.25) is 5.91 Å². The number of rotatable bonds is 6. The number of alkyl carbamates (subject to hydrolysis) is 1. The van der Waals surface area contributed by atoms with Crippen LogP contribution < -0.4 is 10.6 Å². The minimum Gasteiger partial charge on any atom is -0.444 e. The lowest BCUT2D eigenvalue weighted by molar-refractivity contribution is -0.120. The highest BCUT2D eigenvalue weighted by Gasteiger charge is 2.23. The van der Waals surface area contributed by atoms with Gasteiger partial charge in [0.15, 0.2) is 0 Å². The number of amides is 2. The summed E-state index contributed by atoms with van der Waals surface area (Å²) in [5.41, 5.74) is 0.720. The average Bonchev–Trinajstić information content (AvgIpc) is 2.59. The zero-order chi connectivity index (χ0) is 19.0. The third kappa shape index (κ3) is 7.44. The van der Waals surface area contributed by atoms with E-state index in [-0.39, 0.29) is 12.5 Å². The number of hydrogen-bond acceptors (Lipinski definition) is 4. The fourth-order valence-corrected chi connectivity index (χ4v) is 3.08. The van der Waals surface area contributed by atoms with Crippen molar-refractivity contribution in [1.82, 2.24) is 15.5 Å². The molecule has 1 saturated heterocycles. The van der Waals surface area contributed by atoms with Crippen LogP contribution in [0, 0.1) is 0 Å². The van der Waals surface area contributed by atoms with Crippen molar-refractivity contribution < 1.29 is 14.3 Å². The summed E-state index contributed by atoms with van der Waals surface area (Å²) in [7, 11) is 0. The van der Waals surface area contributed by atoms with Crippen LogP contribution in [0.4, 0.5) is 4.79 Å². The molecule has 2 rings (SSSR count). The molecule has 1 aliphatic rings. The maximum atomic E-state index is 12.0. The van der Waals surface area contributed by atoms with Crippen LogP contribution in [0.2, 0.25) is 0 Å². The van der Waals surface area contributed by atoms with Gasteiger partial charge in [0.1, 0.15) is 5.60 Å². The van der Waals surface area contributed by atoms with Gasteiger partial charge in [-0.05, 0) is 45.7 Å². The molecular formula is C20H31N3O3. The van der Waals surface area contributed by atoms with Crippen LogP contribution in [0.5, 0.6) is 0 Å². The largest absolute Gasteiger partial charge is 0.444 e. The number of nitrogens with zero attached hydrogens (tertiary/aromatic N) is 1. The summed E-state index contributed by atoms with van der Waals surface area (Å²) >= 11 is 0. The number of carbonyl (C=O) groups excluding carboxylic acids is 2. The molecule has 0 spiro atoms. The van der Waals surface area contributed by atoms with Crippen LogP contribution in [0.1, 0.15) is 45.6 Å². The van der Waals surface area contributed by atoms with E-state index < -0.39 is 11.7 Å². The lowest BCUT2D eigenvalue weighted by atomic mass is 10.0. The molecule has 0 unspecified atom stereocenters. The summed E-state index contributed by atoms with van der Waals surface area (Å²) in [4.78, 5) is 26.1. The molecule has 0 aromatic heterocycles. The predicted molar refractivity (Wildman–Crippen MR) is 102 cm³/mol. The normalized spacial score (nSPS) is 18.2. The quantitative estimate of drug-likeness (QED) is 0.817. The second kappa shape index (κ2) is 9.57. The first-order valence-electron chi connectivity index (χ1n) is 9.35. The lowest BCUT2D eigenvalue weighted by Crippen LogP contribution is -2.48. The van der Waals surface area contributed by atoms with Gasteiger partial charge >= 0.3 is 6.09 Å². The van der Waals surface area contributed by atoms with Crippen molar-refractivity contribution in [3.63, 3.8) is 0 Å². The number of piperidine rings is 1. The van der Waals surface area contributed by atoms with Gasteiger partial charge in [-0.2, -0.15) is 0 Å². The van der Waals surface area contributed by atoms with Gasteiger partial charge in [0, 0.05) is 19.1 Å². The van der Waals surface area contributed by atoms with E-state index in [1.165, 1.54) is 18.4 Å². The summed E-state index contributed by atoms with van der Waals surface area (Å²) in [5.74, 6) is -0.193. The van der Waals surface area contributed by atoms with Gasteiger partial charge in [-0.25, -0.2) is 4.79 Å². The summed E-state index contributed by atoms with van der Waals surface area (Å²) < 4.78 is 5.13. The van der Waals surface area contributed by atoms with Crippen LogP contribution in [-0.2, 0) is 16.1 Å². The van der Waals surface area contributed by atoms with Crippen molar-refractivity contribution in [3.8, 4) is 0 Å². The first kappa shape index (κ1) is 20.2. The molecule has 26 heavy (non-hydrogen) atoms. The van der Waals surface area contributed by atoms with Crippen molar-refractivity contribution >= 4 is 12.0 Å². The Morgan fingerprint density at radius 2 is 1.88 bits per heavy atom. The number of carbonyl (C=O) groups is 2. The molecular weight excluding hydrogens is 330 g/mol. The molecule has 1 aliphatic heterocycles. The van der Waals surface area contributed by atoms with Gasteiger partial charge in [-0.1, -0.05) is 36.8 Å². The molecule has 1 heterocycles. The van der Waals surface area contributed by atoms with Gasteiger partial charge in [0.25, 0.3) is 0 Å². The van der Waals surface area contributed by atoms with Crippen molar-refractivity contribution in [2.75, 3.05) is 19.6 Å². The van der Waals surface area contributed by atoms with Crippen molar-refractivity contribution in [3.05, 3.63) is 35.9 Å². The first-order valence-corrected chi connectivity index (χ1v) is 9.35. The fraction of sp³-hybridized carbons (Fsp3) is 0.600. The lowest BCUT2D eigenvalue weighted by Gasteiger charge is -2.36. The Balaban J connectivity index is 1.75. The van der Waals surface area contributed by atoms with Crippen LogP contribution >= 0.6 is 0 Å². The smallest absolute Gasteiger partial charge is 0.408 e. The maximum Gasteiger partial charge on any atom is 0.408 e. The Bertz CT molecular complexity index is 584. The van der Waals surface area contributed by atoms with Gasteiger partial charge in [-0.3, -0.25) is 9.69 Å². The van der Waals surface area contributed by atoms with E-state index in [9.17, 15) is 9.59 Å². The minimum atomic E-state index is -0.573. The Morgan fingerprint density at radius 3 is 2.58 bits per heavy atom. The van der Waals surface area contributed by atoms with E-state index in [2.05, 4.69) is 39.8 Å². The van der Waals surface area contributed by atoms with Gasteiger partial charge < -0.3 is 15.4 Å². The minimum absolute atomic E-state index is 0.0691. The third-order valence-electron chi connectivity index (χ3n) is 4.30. The van der Waals surface area contributed by atoms with Crippen molar-refractivity contribution in [2.24, 2.45) is 0 Å². The monoisotopic (exact) mass is 361 g/mol. The van der Waals surface area contributed by atoms with E-state index in [4.69, 9.17) is 4.74 Å². The van der Waals surface area contributed by atoms with Crippen molar-refractivity contribution in [1.29, 1.82) is 0 Å². The number of ether oxygens (including phenoxy) is 1. The molecule has 1 aromatic rings. The van der Waals surface area contributed by atoms with Crippen molar-refractivity contribution in [2.45, 2.75) is 58.2 Å². The molecule has 1 atom stereocenters. The third-order valence-corrected chi connectivity index (χ3v) is 4.30. The number of hydrogen-bond donors (Lipinski definition) is 2. The molecule has 6 heteroatoms. The standard InChI is InChI=1S/C20H31N3O3/c1-20(2,3)26-19(25)22-14-18(24)21-13-17-11-7-8-12-23(17)15-16-9-5-4-6-10-16/h4-6,9-10,17H,7-8,11-15H2,1-3H3,(H,21,24)(H,22,25)/t17-/m0/s1. The Kier molecular flexibility index (Phi) is 7.45. The van der Waals surface area contributed by atoms with Gasteiger partial charge in [-0.15, -0.1) is 0 Å². The summed E-state index contributed by atoms with van der Waals surface area (Å²) in [6, 6.07) is 10.7. The fourth-order valence-electron chi connectivity index (χ4n) is 3.08. The van der Waals surface area contributed by atoms with E-state index in [0.717, 1.165) is 19.5 Å². The molecule has 144 valence electrons.